The largest absolute Gasteiger partial charge is 0.396 e. The van der Waals surface area contributed by atoms with E-state index in [0.717, 1.165) is 37.7 Å². The number of aliphatic hydroxyl groups excluding tert-OH is 1. The Morgan fingerprint density at radius 1 is 1.20 bits per heavy atom. The fourth-order valence-corrected chi connectivity index (χ4v) is 5.89. The molecule has 2 unspecified atom stereocenters. The number of ether oxygens (including phenoxy) is 1. The van der Waals surface area contributed by atoms with E-state index in [1.807, 2.05) is 18.2 Å². The number of carbonyl (C=O) groups excluding carboxylic acids is 1. The Labute approximate surface area is 236 Å². The second kappa shape index (κ2) is 12.4. The lowest BCUT2D eigenvalue weighted by Crippen LogP contribution is -2.46. The van der Waals surface area contributed by atoms with Crippen molar-refractivity contribution in [2.45, 2.75) is 76.1 Å². The number of para-hydroxylation sites is 1. The van der Waals surface area contributed by atoms with Crippen molar-refractivity contribution < 1.29 is 23.4 Å². The van der Waals surface area contributed by atoms with Gasteiger partial charge in [-0.1, -0.05) is 17.9 Å². The van der Waals surface area contributed by atoms with E-state index in [1.165, 1.54) is 15.3 Å². The highest BCUT2D eigenvalue weighted by Crippen LogP contribution is 2.34. The van der Waals surface area contributed by atoms with Gasteiger partial charge in [-0.05, 0) is 63.0 Å². The number of nitrogens with zero attached hydrogens (tertiary/aromatic N) is 4. The standard InChI is InChI=1S/C29H36F2N6O4/c1-35-26-19(7-5-8-22(26)37(29(35)40)23-13-14-24(38)33-28(23)39)6-3-2-4-15-41-17-18-9-11-20(12-10-18)36-16-21(32)25(34-36)27(30)31/h5,7-8,16,18,20,23-24,27,38H,2,4,9-15,17,32H2,1H3,(H,33,39)/t18-,20-,23?,24?. The van der Waals surface area contributed by atoms with Gasteiger partial charge in [-0.3, -0.25) is 18.6 Å². The van der Waals surface area contributed by atoms with Gasteiger partial charge in [0.2, 0.25) is 5.91 Å². The number of amides is 1. The molecule has 2 aromatic heterocycles. The first-order chi connectivity index (χ1) is 19.7. The molecular weight excluding hydrogens is 534 g/mol. The van der Waals surface area contributed by atoms with E-state index in [-0.39, 0.29) is 29.0 Å². The van der Waals surface area contributed by atoms with Gasteiger partial charge in [-0.2, -0.15) is 5.10 Å². The number of halogens is 2. The third-order valence-electron chi connectivity index (χ3n) is 8.09. The van der Waals surface area contributed by atoms with Crippen molar-refractivity contribution in [2.24, 2.45) is 13.0 Å². The van der Waals surface area contributed by atoms with Crippen LogP contribution in [-0.2, 0) is 16.6 Å². The number of aromatic nitrogens is 4. The maximum atomic E-state index is 13.1. The summed E-state index contributed by atoms with van der Waals surface area (Å²) < 4.78 is 36.5. The smallest absolute Gasteiger partial charge is 0.329 e. The highest BCUT2D eigenvalue weighted by Gasteiger charge is 2.31. The van der Waals surface area contributed by atoms with E-state index in [9.17, 15) is 23.5 Å². The first-order valence-electron chi connectivity index (χ1n) is 14.1. The van der Waals surface area contributed by atoms with Crippen molar-refractivity contribution in [3.05, 3.63) is 46.1 Å². The van der Waals surface area contributed by atoms with Crippen LogP contribution in [0, 0.1) is 17.8 Å². The average Bonchev–Trinajstić information content (AvgIpc) is 3.46. The number of carbonyl (C=O) groups is 1. The molecule has 4 N–H and O–H groups in total. The lowest BCUT2D eigenvalue weighted by atomic mass is 9.86. The van der Waals surface area contributed by atoms with Crippen molar-refractivity contribution in [3.63, 3.8) is 0 Å². The van der Waals surface area contributed by atoms with Crippen LogP contribution in [0.2, 0.25) is 0 Å². The predicted molar refractivity (Wildman–Crippen MR) is 149 cm³/mol. The Hall–Kier alpha value is -3.69. The number of nitrogens with one attached hydrogen (secondary N) is 1. The van der Waals surface area contributed by atoms with Crippen molar-refractivity contribution in [1.29, 1.82) is 0 Å². The zero-order chi connectivity index (χ0) is 29.1. The number of unbranched alkanes of at least 4 members (excludes halogenated alkanes) is 1. The third-order valence-corrected chi connectivity index (χ3v) is 8.09. The number of aryl methyl sites for hydroxylation is 1. The molecule has 2 fully saturated rings. The number of piperidine rings is 1. The van der Waals surface area contributed by atoms with Crippen LogP contribution in [0.5, 0.6) is 0 Å². The van der Waals surface area contributed by atoms with E-state index >= 15 is 0 Å². The number of imidazole rings is 1. The normalized spacial score (nSPS) is 23.0. The van der Waals surface area contributed by atoms with Gasteiger partial charge >= 0.3 is 5.69 Å². The summed E-state index contributed by atoms with van der Waals surface area (Å²) in [6, 6.07) is 4.92. The van der Waals surface area contributed by atoms with Gasteiger partial charge in [0.15, 0.2) is 5.69 Å². The molecule has 0 spiro atoms. The van der Waals surface area contributed by atoms with Gasteiger partial charge in [0.1, 0.15) is 12.3 Å². The Balaban J connectivity index is 1.10. The summed E-state index contributed by atoms with van der Waals surface area (Å²) in [5.74, 6) is 6.42. The molecule has 1 saturated heterocycles. The fourth-order valence-electron chi connectivity index (χ4n) is 5.89. The lowest BCUT2D eigenvalue weighted by Gasteiger charge is -2.28. The molecule has 220 valence electrons. The number of hydrogen-bond donors (Lipinski definition) is 3. The maximum Gasteiger partial charge on any atom is 0.329 e. The van der Waals surface area contributed by atoms with Crippen LogP contribution < -0.4 is 16.7 Å². The molecule has 10 nitrogen and oxygen atoms in total. The van der Waals surface area contributed by atoms with Crippen LogP contribution in [0.15, 0.2) is 29.2 Å². The number of rotatable bonds is 8. The summed E-state index contributed by atoms with van der Waals surface area (Å²) in [4.78, 5) is 25.5. The average molecular weight is 571 g/mol. The van der Waals surface area contributed by atoms with Crippen LogP contribution in [0.3, 0.4) is 0 Å². The molecule has 1 aliphatic carbocycles. The first kappa shape index (κ1) is 28.8. The molecule has 5 rings (SSSR count). The zero-order valence-electron chi connectivity index (χ0n) is 23.1. The van der Waals surface area contributed by atoms with Gasteiger partial charge in [0.05, 0.1) is 28.3 Å². The Bertz CT molecular complexity index is 1510. The molecule has 2 atom stereocenters. The summed E-state index contributed by atoms with van der Waals surface area (Å²) in [6.45, 7) is 1.24. The number of nitrogen functional groups attached to an aromatic ring is 1. The summed E-state index contributed by atoms with van der Waals surface area (Å²) >= 11 is 0. The van der Waals surface area contributed by atoms with Crippen molar-refractivity contribution in [1.82, 2.24) is 24.2 Å². The Kier molecular flexibility index (Phi) is 8.75. The molecule has 1 saturated carbocycles. The van der Waals surface area contributed by atoms with Gasteiger partial charge in [-0.15, -0.1) is 0 Å². The number of benzene rings is 1. The molecule has 3 heterocycles. The molecule has 0 bridgehead atoms. The maximum absolute atomic E-state index is 13.1. The minimum Gasteiger partial charge on any atom is -0.396 e. The molecule has 1 aliphatic heterocycles. The number of nitrogens with two attached hydrogens (primary N) is 1. The second-order valence-corrected chi connectivity index (χ2v) is 10.9. The number of anilines is 1. The van der Waals surface area contributed by atoms with E-state index in [1.54, 1.807) is 11.7 Å². The summed E-state index contributed by atoms with van der Waals surface area (Å²) in [6.07, 6.45) is 3.73. The highest BCUT2D eigenvalue weighted by atomic mass is 19.3. The topological polar surface area (TPSA) is 129 Å². The van der Waals surface area contributed by atoms with Gasteiger partial charge < -0.3 is 20.9 Å². The molecular formula is C29H36F2N6O4. The van der Waals surface area contributed by atoms with Crippen LogP contribution in [0.1, 0.15) is 81.1 Å². The van der Waals surface area contributed by atoms with Crippen molar-refractivity contribution in [2.75, 3.05) is 18.9 Å². The van der Waals surface area contributed by atoms with Crippen LogP contribution in [-0.4, -0.2) is 49.4 Å². The number of aliphatic hydroxyl groups is 1. The van der Waals surface area contributed by atoms with Gasteiger partial charge in [-0.25, -0.2) is 13.6 Å². The molecule has 12 heteroatoms. The minimum absolute atomic E-state index is 0.0442. The second-order valence-electron chi connectivity index (χ2n) is 10.9. The van der Waals surface area contributed by atoms with Gasteiger partial charge in [0.25, 0.3) is 6.43 Å². The van der Waals surface area contributed by atoms with Gasteiger partial charge in [0, 0.05) is 32.9 Å². The van der Waals surface area contributed by atoms with Crippen LogP contribution >= 0.6 is 0 Å². The molecule has 0 radical (unpaired) electrons. The SMILES string of the molecule is Cn1c(=O)n(C2CCC(O)NC2=O)c2cccc(C#CCCCOC[C@H]3CC[C@H](n4cc(N)c(C(F)F)n4)CC3)c21. The minimum atomic E-state index is -2.66. The third kappa shape index (κ3) is 6.16. The fraction of sp³-hybridized carbons (Fsp3) is 0.552. The first-order valence-corrected chi connectivity index (χ1v) is 14.1. The quantitative estimate of drug-likeness (QED) is 0.281. The molecule has 1 aromatic carbocycles. The molecule has 2 aliphatic rings. The molecule has 3 aromatic rings. The number of fused-ring (bicyclic) bond motifs is 1. The number of alkyl halides is 2. The lowest BCUT2D eigenvalue weighted by molar-refractivity contribution is -0.130. The van der Waals surface area contributed by atoms with Crippen LogP contribution in [0.25, 0.3) is 11.0 Å². The molecule has 41 heavy (non-hydrogen) atoms. The summed E-state index contributed by atoms with van der Waals surface area (Å²) in [5, 5.41) is 16.2. The summed E-state index contributed by atoms with van der Waals surface area (Å²) in [5.41, 5.74) is 7.12. The van der Waals surface area contributed by atoms with E-state index in [0.29, 0.717) is 49.4 Å². The van der Waals surface area contributed by atoms with Crippen molar-refractivity contribution >= 4 is 22.6 Å². The van der Waals surface area contributed by atoms with Crippen molar-refractivity contribution in [3.8, 4) is 11.8 Å². The predicted octanol–water partition coefficient (Wildman–Crippen LogP) is 3.41. The van der Waals surface area contributed by atoms with Crippen LogP contribution in [0.4, 0.5) is 14.5 Å². The van der Waals surface area contributed by atoms with E-state index in [4.69, 9.17) is 10.5 Å². The van der Waals surface area contributed by atoms with E-state index in [2.05, 4.69) is 22.3 Å². The van der Waals surface area contributed by atoms with E-state index < -0.39 is 18.7 Å². The highest BCUT2D eigenvalue weighted by molar-refractivity contribution is 5.87. The monoisotopic (exact) mass is 570 g/mol. The summed E-state index contributed by atoms with van der Waals surface area (Å²) in [7, 11) is 1.67. The molecule has 1 amide bonds. The Morgan fingerprint density at radius 2 is 1.98 bits per heavy atom. The Morgan fingerprint density at radius 3 is 2.68 bits per heavy atom. The number of hydrogen-bond acceptors (Lipinski definition) is 6. The zero-order valence-corrected chi connectivity index (χ0v) is 23.1.